The molecule has 0 radical (unpaired) electrons. The van der Waals surface area contributed by atoms with E-state index in [2.05, 4.69) is 20.8 Å². The highest BCUT2D eigenvalue weighted by Gasteiger charge is 2.23. The number of tetrazole rings is 1. The third kappa shape index (κ3) is 3.39. The topological polar surface area (TPSA) is 72.7 Å². The van der Waals surface area contributed by atoms with Gasteiger partial charge in [-0.1, -0.05) is 48.5 Å². The second-order valence-electron chi connectivity index (χ2n) is 4.91. The zero-order chi connectivity index (χ0) is 16.1. The SMILES string of the molecule is O=C(NCc1ccccc1F)[C@H](c1ccccc1)n1cnnn1. The van der Waals surface area contributed by atoms with Crippen LogP contribution in [-0.2, 0) is 11.3 Å². The number of hydrogen-bond acceptors (Lipinski definition) is 4. The molecule has 0 aliphatic carbocycles. The Bertz CT molecular complexity index is 776. The second kappa shape index (κ2) is 6.78. The summed E-state index contributed by atoms with van der Waals surface area (Å²) in [6.45, 7) is 0.0942. The maximum Gasteiger partial charge on any atom is 0.249 e. The second-order valence-corrected chi connectivity index (χ2v) is 4.91. The van der Waals surface area contributed by atoms with Gasteiger partial charge in [0.1, 0.15) is 12.1 Å². The molecule has 7 heteroatoms. The number of nitrogens with one attached hydrogen (secondary N) is 1. The average molecular weight is 311 g/mol. The summed E-state index contributed by atoms with van der Waals surface area (Å²) in [5.41, 5.74) is 1.16. The van der Waals surface area contributed by atoms with Gasteiger partial charge in [-0.15, -0.1) is 5.10 Å². The number of halogens is 1. The first-order chi connectivity index (χ1) is 11.3. The summed E-state index contributed by atoms with van der Waals surface area (Å²) in [6, 6.07) is 14.8. The summed E-state index contributed by atoms with van der Waals surface area (Å²) in [6.07, 6.45) is 1.38. The summed E-state index contributed by atoms with van der Waals surface area (Å²) in [7, 11) is 0. The molecule has 6 nitrogen and oxygen atoms in total. The van der Waals surface area contributed by atoms with Crippen LogP contribution in [0.2, 0.25) is 0 Å². The minimum Gasteiger partial charge on any atom is -0.350 e. The number of aromatic nitrogens is 4. The van der Waals surface area contributed by atoms with E-state index in [1.54, 1.807) is 18.2 Å². The predicted octanol–water partition coefficient (Wildman–Crippen LogP) is 1.72. The molecule has 1 aromatic heterocycles. The highest BCUT2D eigenvalue weighted by Crippen LogP contribution is 2.17. The number of benzene rings is 2. The van der Waals surface area contributed by atoms with Gasteiger partial charge in [-0.2, -0.15) is 0 Å². The summed E-state index contributed by atoms with van der Waals surface area (Å²) in [5.74, 6) is -0.668. The fourth-order valence-electron chi connectivity index (χ4n) is 2.27. The van der Waals surface area contributed by atoms with Crippen molar-refractivity contribution in [3.05, 3.63) is 77.9 Å². The number of carbonyl (C=O) groups excluding carboxylic acids is 1. The van der Waals surface area contributed by atoms with E-state index in [-0.39, 0.29) is 18.3 Å². The normalized spacial score (nSPS) is 11.9. The molecular formula is C16H14FN5O. The summed E-state index contributed by atoms with van der Waals surface area (Å²) in [4.78, 5) is 12.6. The predicted molar refractivity (Wildman–Crippen MR) is 80.6 cm³/mol. The van der Waals surface area contributed by atoms with Crippen LogP contribution in [0.3, 0.4) is 0 Å². The first-order valence-electron chi connectivity index (χ1n) is 7.04. The van der Waals surface area contributed by atoms with Crippen LogP contribution >= 0.6 is 0 Å². The summed E-state index contributed by atoms with van der Waals surface area (Å²) >= 11 is 0. The number of amides is 1. The molecule has 0 aliphatic rings. The Morgan fingerprint density at radius 1 is 1.13 bits per heavy atom. The van der Waals surface area contributed by atoms with Crippen LogP contribution in [0.1, 0.15) is 17.2 Å². The molecule has 0 aliphatic heterocycles. The van der Waals surface area contributed by atoms with Gasteiger partial charge in [-0.25, -0.2) is 9.07 Å². The van der Waals surface area contributed by atoms with Crippen molar-refractivity contribution in [2.24, 2.45) is 0 Å². The maximum atomic E-state index is 13.6. The quantitative estimate of drug-likeness (QED) is 0.778. The van der Waals surface area contributed by atoms with Gasteiger partial charge in [0.05, 0.1) is 0 Å². The molecule has 116 valence electrons. The summed E-state index contributed by atoms with van der Waals surface area (Å²) < 4.78 is 15.0. The van der Waals surface area contributed by atoms with Crippen LogP contribution < -0.4 is 5.32 Å². The van der Waals surface area contributed by atoms with Crippen LogP contribution in [0, 0.1) is 5.82 Å². The molecule has 0 saturated heterocycles. The van der Waals surface area contributed by atoms with Crippen LogP contribution in [0.4, 0.5) is 4.39 Å². The maximum absolute atomic E-state index is 13.6. The van der Waals surface area contributed by atoms with E-state index in [1.807, 2.05) is 30.3 Å². The lowest BCUT2D eigenvalue weighted by atomic mass is 10.1. The zero-order valence-electron chi connectivity index (χ0n) is 12.1. The van der Waals surface area contributed by atoms with Gasteiger partial charge in [-0.05, 0) is 22.1 Å². The lowest BCUT2D eigenvalue weighted by molar-refractivity contribution is -0.123. The Hall–Kier alpha value is -3.09. The molecule has 2 aromatic carbocycles. The molecule has 0 fully saturated rings. The Morgan fingerprint density at radius 3 is 2.57 bits per heavy atom. The Labute approximate surface area is 132 Å². The monoisotopic (exact) mass is 311 g/mol. The highest BCUT2D eigenvalue weighted by molar-refractivity contribution is 5.83. The van der Waals surface area contributed by atoms with Crippen molar-refractivity contribution >= 4 is 5.91 Å². The van der Waals surface area contributed by atoms with Crippen LogP contribution in [-0.4, -0.2) is 26.1 Å². The Balaban J connectivity index is 1.80. The molecular weight excluding hydrogens is 297 g/mol. The van der Waals surface area contributed by atoms with Crippen molar-refractivity contribution in [2.75, 3.05) is 0 Å². The van der Waals surface area contributed by atoms with E-state index < -0.39 is 6.04 Å². The van der Waals surface area contributed by atoms with Gasteiger partial charge in [-0.3, -0.25) is 4.79 Å². The molecule has 0 saturated carbocycles. The fraction of sp³-hybridized carbons (Fsp3) is 0.125. The molecule has 1 amide bonds. The fourth-order valence-corrected chi connectivity index (χ4v) is 2.27. The number of rotatable bonds is 5. The van der Waals surface area contributed by atoms with Crippen molar-refractivity contribution in [2.45, 2.75) is 12.6 Å². The van der Waals surface area contributed by atoms with Gasteiger partial charge < -0.3 is 5.32 Å². The van der Waals surface area contributed by atoms with Gasteiger partial charge >= 0.3 is 0 Å². The van der Waals surface area contributed by atoms with Crippen LogP contribution in [0.5, 0.6) is 0 Å². The first kappa shape index (κ1) is 14.8. The minimum atomic E-state index is -0.710. The summed E-state index contributed by atoms with van der Waals surface area (Å²) in [5, 5.41) is 13.7. The smallest absolute Gasteiger partial charge is 0.249 e. The van der Waals surface area contributed by atoms with Crippen LogP contribution in [0.15, 0.2) is 60.9 Å². The van der Waals surface area contributed by atoms with Gasteiger partial charge in [0.15, 0.2) is 6.04 Å². The minimum absolute atomic E-state index is 0.0942. The van der Waals surface area contributed by atoms with E-state index >= 15 is 0 Å². The van der Waals surface area contributed by atoms with Crippen molar-refractivity contribution in [1.82, 2.24) is 25.5 Å². The zero-order valence-corrected chi connectivity index (χ0v) is 12.1. The molecule has 0 unspecified atom stereocenters. The van der Waals surface area contributed by atoms with Crippen molar-refractivity contribution in [3.63, 3.8) is 0 Å². The molecule has 1 N–H and O–H groups in total. The lowest BCUT2D eigenvalue weighted by Crippen LogP contribution is -2.33. The standard InChI is InChI=1S/C16H14FN5O/c17-14-9-5-4-8-13(14)10-18-16(23)15(22-11-19-20-21-22)12-6-2-1-3-7-12/h1-9,11,15H,10H2,(H,18,23)/t15-/m0/s1. The Morgan fingerprint density at radius 2 is 1.87 bits per heavy atom. The molecule has 0 spiro atoms. The van der Waals surface area contributed by atoms with E-state index in [0.29, 0.717) is 5.56 Å². The van der Waals surface area contributed by atoms with Gasteiger partial charge in [0, 0.05) is 12.1 Å². The van der Waals surface area contributed by atoms with E-state index in [9.17, 15) is 9.18 Å². The molecule has 23 heavy (non-hydrogen) atoms. The van der Waals surface area contributed by atoms with E-state index in [1.165, 1.54) is 17.1 Å². The Kier molecular flexibility index (Phi) is 4.37. The largest absolute Gasteiger partial charge is 0.350 e. The van der Waals surface area contributed by atoms with Crippen LogP contribution in [0.25, 0.3) is 0 Å². The van der Waals surface area contributed by atoms with Gasteiger partial charge in [0.25, 0.3) is 0 Å². The third-order valence-corrected chi connectivity index (χ3v) is 3.40. The number of carbonyl (C=O) groups is 1. The van der Waals surface area contributed by atoms with E-state index in [0.717, 1.165) is 5.56 Å². The van der Waals surface area contributed by atoms with E-state index in [4.69, 9.17) is 0 Å². The van der Waals surface area contributed by atoms with Crippen molar-refractivity contribution < 1.29 is 9.18 Å². The lowest BCUT2D eigenvalue weighted by Gasteiger charge is -2.16. The number of nitrogens with zero attached hydrogens (tertiary/aromatic N) is 4. The molecule has 3 rings (SSSR count). The van der Waals surface area contributed by atoms with Crippen molar-refractivity contribution in [3.8, 4) is 0 Å². The molecule has 1 atom stereocenters. The molecule has 0 bridgehead atoms. The first-order valence-corrected chi connectivity index (χ1v) is 7.04. The van der Waals surface area contributed by atoms with Crippen molar-refractivity contribution in [1.29, 1.82) is 0 Å². The average Bonchev–Trinajstić information content (AvgIpc) is 3.09. The third-order valence-electron chi connectivity index (χ3n) is 3.40. The van der Waals surface area contributed by atoms with Gasteiger partial charge in [0.2, 0.25) is 5.91 Å². The highest BCUT2D eigenvalue weighted by atomic mass is 19.1. The molecule has 3 aromatic rings. The molecule has 1 heterocycles. The number of hydrogen-bond donors (Lipinski definition) is 1.